The van der Waals surface area contributed by atoms with E-state index in [0.29, 0.717) is 11.5 Å². The Bertz CT molecular complexity index is 866. The number of benzene rings is 2. The molecular formula is C15H16N2O6S. The molecule has 2 aromatic rings. The molecule has 0 atom stereocenters. The minimum absolute atomic E-state index is 0.183. The topological polar surface area (TPSA) is 99.0 Å². The van der Waals surface area contributed by atoms with E-state index in [9.17, 15) is 18.5 Å². The van der Waals surface area contributed by atoms with Gasteiger partial charge in [0.15, 0.2) is 0 Å². The largest absolute Gasteiger partial charge is 0.497 e. The van der Waals surface area contributed by atoms with Crippen LogP contribution in [0.25, 0.3) is 0 Å². The van der Waals surface area contributed by atoms with E-state index in [1.54, 1.807) is 12.1 Å². The fraction of sp³-hybridized carbons (Fsp3) is 0.200. The Kier molecular flexibility index (Phi) is 4.93. The van der Waals surface area contributed by atoms with Gasteiger partial charge in [0.1, 0.15) is 11.5 Å². The summed E-state index contributed by atoms with van der Waals surface area (Å²) in [6.45, 7) is 0. The number of hydrogen-bond acceptors (Lipinski definition) is 6. The summed E-state index contributed by atoms with van der Waals surface area (Å²) in [5.41, 5.74) is -0.0176. The standard InChI is InChI=1S/C15H16N2O6S/c1-16(14-8-7-12(22-2)10-15(14)23-3)24(20,21)13-6-4-5-11(9-13)17(18)19/h4-10H,1-3H3. The van der Waals surface area contributed by atoms with E-state index in [2.05, 4.69) is 0 Å². The van der Waals surface area contributed by atoms with Crippen molar-refractivity contribution >= 4 is 21.4 Å². The Morgan fingerprint density at radius 1 is 1.08 bits per heavy atom. The van der Waals surface area contributed by atoms with Gasteiger partial charge in [-0.15, -0.1) is 0 Å². The van der Waals surface area contributed by atoms with Crippen molar-refractivity contribution in [3.8, 4) is 11.5 Å². The van der Waals surface area contributed by atoms with Crippen LogP contribution in [-0.2, 0) is 10.0 Å². The summed E-state index contributed by atoms with van der Waals surface area (Å²) >= 11 is 0. The minimum atomic E-state index is -3.99. The fourth-order valence-electron chi connectivity index (χ4n) is 2.09. The zero-order valence-corrected chi connectivity index (χ0v) is 14.1. The number of methoxy groups -OCH3 is 2. The molecule has 0 amide bonds. The molecule has 8 nitrogen and oxygen atoms in total. The molecular weight excluding hydrogens is 336 g/mol. The SMILES string of the molecule is COc1ccc(N(C)S(=O)(=O)c2cccc([N+](=O)[O-])c2)c(OC)c1. The third-order valence-corrected chi connectivity index (χ3v) is 5.18. The normalized spacial score (nSPS) is 11.0. The first-order valence-corrected chi connectivity index (χ1v) is 8.20. The highest BCUT2D eigenvalue weighted by Gasteiger charge is 2.25. The first-order chi connectivity index (χ1) is 11.3. The smallest absolute Gasteiger partial charge is 0.270 e. The van der Waals surface area contributed by atoms with Crippen LogP contribution < -0.4 is 13.8 Å². The monoisotopic (exact) mass is 352 g/mol. The highest BCUT2D eigenvalue weighted by atomic mass is 32.2. The van der Waals surface area contributed by atoms with Crippen molar-refractivity contribution < 1.29 is 22.8 Å². The molecule has 128 valence electrons. The molecule has 24 heavy (non-hydrogen) atoms. The van der Waals surface area contributed by atoms with Gasteiger partial charge >= 0.3 is 0 Å². The van der Waals surface area contributed by atoms with Gasteiger partial charge in [-0.05, 0) is 18.2 Å². The van der Waals surface area contributed by atoms with Crippen molar-refractivity contribution in [3.63, 3.8) is 0 Å². The van der Waals surface area contributed by atoms with Gasteiger partial charge in [0, 0.05) is 25.2 Å². The van der Waals surface area contributed by atoms with Crippen molar-refractivity contribution in [3.05, 3.63) is 52.6 Å². The van der Waals surface area contributed by atoms with E-state index < -0.39 is 14.9 Å². The maximum Gasteiger partial charge on any atom is 0.270 e. The predicted molar refractivity (Wildman–Crippen MR) is 88.2 cm³/mol. The summed E-state index contributed by atoms with van der Waals surface area (Å²) in [6.07, 6.45) is 0. The number of anilines is 1. The lowest BCUT2D eigenvalue weighted by molar-refractivity contribution is -0.385. The number of non-ortho nitro benzene ring substituents is 1. The Balaban J connectivity index is 2.50. The highest BCUT2D eigenvalue weighted by molar-refractivity contribution is 7.92. The van der Waals surface area contributed by atoms with Crippen LogP contribution in [0.1, 0.15) is 0 Å². The van der Waals surface area contributed by atoms with Crippen molar-refractivity contribution in [2.45, 2.75) is 4.90 Å². The van der Waals surface area contributed by atoms with E-state index in [-0.39, 0.29) is 16.3 Å². The Labute approximate surface area is 139 Å². The first-order valence-electron chi connectivity index (χ1n) is 6.76. The summed E-state index contributed by atoms with van der Waals surface area (Å²) in [6, 6.07) is 9.55. The summed E-state index contributed by atoms with van der Waals surface area (Å²) in [4.78, 5) is 10.0. The summed E-state index contributed by atoms with van der Waals surface area (Å²) in [5, 5.41) is 10.9. The van der Waals surface area contributed by atoms with Gasteiger partial charge in [-0.1, -0.05) is 6.07 Å². The van der Waals surface area contributed by atoms with Gasteiger partial charge in [-0.25, -0.2) is 8.42 Å². The number of ether oxygens (including phenoxy) is 2. The molecule has 0 aliphatic rings. The molecule has 0 saturated heterocycles. The average Bonchev–Trinajstić information content (AvgIpc) is 2.60. The van der Waals surface area contributed by atoms with E-state index in [1.165, 1.54) is 45.5 Å². The third-order valence-electron chi connectivity index (χ3n) is 3.41. The number of nitrogens with zero attached hydrogens (tertiary/aromatic N) is 2. The second-order valence-corrected chi connectivity index (χ2v) is 6.73. The molecule has 0 fully saturated rings. The Hall–Kier alpha value is -2.81. The van der Waals surface area contributed by atoms with Crippen molar-refractivity contribution in [2.75, 3.05) is 25.6 Å². The molecule has 2 aromatic carbocycles. The van der Waals surface area contributed by atoms with E-state index >= 15 is 0 Å². The molecule has 0 aliphatic carbocycles. The maximum atomic E-state index is 12.7. The van der Waals surface area contributed by atoms with Gasteiger partial charge in [-0.2, -0.15) is 0 Å². The van der Waals surface area contributed by atoms with Crippen LogP contribution in [0.2, 0.25) is 0 Å². The van der Waals surface area contributed by atoms with Crippen LogP contribution in [0.5, 0.6) is 11.5 Å². The second kappa shape index (κ2) is 6.75. The third kappa shape index (κ3) is 3.25. The van der Waals surface area contributed by atoms with Gasteiger partial charge in [0.2, 0.25) is 0 Å². The lowest BCUT2D eigenvalue weighted by Gasteiger charge is -2.22. The fourth-order valence-corrected chi connectivity index (χ4v) is 3.34. The zero-order valence-electron chi connectivity index (χ0n) is 13.3. The first kappa shape index (κ1) is 17.5. The molecule has 0 heterocycles. The van der Waals surface area contributed by atoms with Crippen molar-refractivity contribution in [2.24, 2.45) is 0 Å². The molecule has 0 unspecified atom stereocenters. The Morgan fingerprint density at radius 2 is 1.79 bits per heavy atom. The summed E-state index contributed by atoms with van der Waals surface area (Å²) in [7, 11) is 0.247. The van der Waals surface area contributed by atoms with E-state index in [4.69, 9.17) is 9.47 Å². The van der Waals surface area contributed by atoms with Gasteiger partial charge < -0.3 is 9.47 Å². The number of hydrogen-bond donors (Lipinski definition) is 0. The number of nitro groups is 1. The lowest BCUT2D eigenvalue weighted by atomic mass is 10.3. The van der Waals surface area contributed by atoms with Crippen molar-refractivity contribution in [1.29, 1.82) is 0 Å². The molecule has 0 saturated carbocycles. The van der Waals surface area contributed by atoms with Crippen LogP contribution in [-0.4, -0.2) is 34.6 Å². The quantitative estimate of drug-likeness (QED) is 0.585. The molecule has 0 aliphatic heterocycles. The second-order valence-electron chi connectivity index (χ2n) is 4.76. The van der Waals surface area contributed by atoms with Crippen LogP contribution in [0.15, 0.2) is 47.4 Å². The Morgan fingerprint density at radius 3 is 2.38 bits per heavy atom. The lowest BCUT2D eigenvalue weighted by Crippen LogP contribution is -2.27. The van der Waals surface area contributed by atoms with E-state index in [1.807, 2.05) is 0 Å². The maximum absolute atomic E-state index is 12.7. The molecule has 0 bridgehead atoms. The molecule has 9 heteroatoms. The number of rotatable bonds is 6. The zero-order chi connectivity index (χ0) is 17.9. The molecule has 0 N–H and O–H groups in total. The average molecular weight is 352 g/mol. The van der Waals surface area contributed by atoms with Crippen molar-refractivity contribution in [1.82, 2.24) is 0 Å². The van der Waals surface area contributed by atoms with E-state index in [0.717, 1.165) is 10.4 Å². The predicted octanol–water partition coefficient (Wildman–Crippen LogP) is 2.44. The summed E-state index contributed by atoms with van der Waals surface area (Å²) in [5.74, 6) is 0.808. The highest BCUT2D eigenvalue weighted by Crippen LogP contribution is 2.34. The summed E-state index contributed by atoms with van der Waals surface area (Å²) < 4.78 is 36.8. The van der Waals surface area contributed by atoms with Crippen LogP contribution in [0.3, 0.4) is 0 Å². The molecule has 0 spiro atoms. The van der Waals surface area contributed by atoms with Crippen LogP contribution in [0.4, 0.5) is 11.4 Å². The van der Waals surface area contributed by atoms with Gasteiger partial charge in [0.05, 0.1) is 29.7 Å². The minimum Gasteiger partial charge on any atom is -0.497 e. The van der Waals surface area contributed by atoms with Crippen LogP contribution >= 0.6 is 0 Å². The van der Waals surface area contributed by atoms with Gasteiger partial charge in [-0.3, -0.25) is 14.4 Å². The molecule has 0 radical (unpaired) electrons. The number of sulfonamides is 1. The molecule has 2 rings (SSSR count). The molecule has 0 aromatic heterocycles. The number of nitro benzene ring substituents is 1. The van der Waals surface area contributed by atoms with Crippen LogP contribution in [0, 0.1) is 10.1 Å². The van der Waals surface area contributed by atoms with Gasteiger partial charge in [0.25, 0.3) is 15.7 Å².